The summed E-state index contributed by atoms with van der Waals surface area (Å²) in [6.45, 7) is 14.0. The SMILES string of the molecule is CCn1c(CC#N)nc2c(N3C[C@@H](C)N(C(C)c4ccc5c(c4F)OC(C)(C)CO5)C[C@@H]3C)nc(=O)n(C)c21. The third kappa shape index (κ3) is 4.50. The van der Waals surface area contributed by atoms with Crippen LogP contribution in [0, 0.1) is 17.1 Å². The molecule has 1 aromatic carbocycles. The van der Waals surface area contributed by atoms with E-state index in [0.29, 0.717) is 60.4 Å². The molecule has 2 aliphatic heterocycles. The first-order valence-corrected chi connectivity index (χ1v) is 13.5. The summed E-state index contributed by atoms with van der Waals surface area (Å²) >= 11 is 0. The highest BCUT2D eigenvalue weighted by Gasteiger charge is 2.37. The van der Waals surface area contributed by atoms with Gasteiger partial charge in [0.05, 0.1) is 12.5 Å². The molecule has 1 unspecified atom stereocenters. The number of ether oxygens (including phenoxy) is 2. The molecule has 0 amide bonds. The number of hydrogen-bond donors (Lipinski definition) is 0. The van der Waals surface area contributed by atoms with E-state index in [4.69, 9.17) is 14.5 Å². The smallest absolute Gasteiger partial charge is 0.350 e. The summed E-state index contributed by atoms with van der Waals surface area (Å²) in [5.74, 6) is 1.35. The normalized spacial score (nSPS) is 21.7. The van der Waals surface area contributed by atoms with Crippen molar-refractivity contribution in [2.24, 2.45) is 7.05 Å². The Morgan fingerprint density at radius 2 is 1.97 bits per heavy atom. The van der Waals surface area contributed by atoms with Crippen molar-refractivity contribution in [1.82, 2.24) is 24.0 Å². The Hall–Kier alpha value is -3.65. The second-order valence-corrected chi connectivity index (χ2v) is 11.2. The van der Waals surface area contributed by atoms with Gasteiger partial charge in [-0.25, -0.2) is 14.2 Å². The Kier molecular flexibility index (Phi) is 6.79. The second-order valence-electron chi connectivity index (χ2n) is 11.2. The monoisotopic (exact) mass is 537 g/mol. The summed E-state index contributed by atoms with van der Waals surface area (Å²) in [6, 6.07) is 5.51. The first-order chi connectivity index (χ1) is 18.5. The molecule has 0 radical (unpaired) electrons. The number of fused-ring (bicyclic) bond motifs is 2. The average Bonchev–Trinajstić information content (AvgIpc) is 3.26. The lowest BCUT2D eigenvalue weighted by Gasteiger charge is -2.47. The molecule has 10 nitrogen and oxygen atoms in total. The Balaban J connectivity index is 1.47. The molecule has 0 bridgehead atoms. The zero-order valence-corrected chi connectivity index (χ0v) is 23.7. The fourth-order valence-corrected chi connectivity index (χ4v) is 5.84. The summed E-state index contributed by atoms with van der Waals surface area (Å²) in [5, 5.41) is 9.32. The molecular weight excluding hydrogens is 501 g/mol. The average molecular weight is 538 g/mol. The molecule has 0 saturated carbocycles. The highest BCUT2D eigenvalue weighted by molar-refractivity contribution is 5.84. The number of aromatic nitrogens is 4. The van der Waals surface area contributed by atoms with Gasteiger partial charge < -0.3 is 18.9 Å². The fourth-order valence-electron chi connectivity index (χ4n) is 5.84. The maximum Gasteiger partial charge on any atom is 0.350 e. The first kappa shape index (κ1) is 26.9. The van der Waals surface area contributed by atoms with E-state index in [2.05, 4.69) is 34.7 Å². The van der Waals surface area contributed by atoms with Crippen LogP contribution in [0.25, 0.3) is 11.2 Å². The number of piperazine rings is 1. The minimum Gasteiger partial charge on any atom is -0.485 e. The van der Waals surface area contributed by atoms with Crippen LogP contribution in [-0.2, 0) is 20.0 Å². The predicted molar refractivity (Wildman–Crippen MR) is 146 cm³/mol. The number of hydrogen-bond acceptors (Lipinski definition) is 8. The zero-order chi connectivity index (χ0) is 28.2. The van der Waals surface area contributed by atoms with E-state index in [1.165, 1.54) is 4.57 Å². The lowest BCUT2D eigenvalue weighted by molar-refractivity contribution is 0.0163. The topological polar surface area (TPSA) is 101 Å². The van der Waals surface area contributed by atoms with Crippen LogP contribution < -0.4 is 20.1 Å². The molecule has 3 atom stereocenters. The van der Waals surface area contributed by atoms with Gasteiger partial charge in [-0.15, -0.1) is 0 Å². The lowest BCUT2D eigenvalue weighted by Crippen LogP contribution is -2.57. The van der Waals surface area contributed by atoms with Crippen molar-refractivity contribution in [3.8, 4) is 17.6 Å². The van der Waals surface area contributed by atoms with Gasteiger partial charge in [-0.1, -0.05) is 6.07 Å². The van der Waals surface area contributed by atoms with Gasteiger partial charge in [0.25, 0.3) is 0 Å². The maximum absolute atomic E-state index is 15.7. The number of benzene rings is 1. The summed E-state index contributed by atoms with van der Waals surface area (Å²) in [6.07, 6.45) is 0.145. The Labute approximate surface area is 227 Å². The highest BCUT2D eigenvalue weighted by Crippen LogP contribution is 2.42. The molecule has 1 fully saturated rings. The van der Waals surface area contributed by atoms with Crippen molar-refractivity contribution in [1.29, 1.82) is 5.26 Å². The van der Waals surface area contributed by atoms with Gasteiger partial charge in [0.15, 0.2) is 23.1 Å². The molecule has 2 aromatic heterocycles. The molecule has 0 aliphatic carbocycles. The fraction of sp³-hybridized carbons (Fsp3) is 0.571. The second kappa shape index (κ2) is 9.83. The van der Waals surface area contributed by atoms with Crippen LogP contribution in [-0.4, -0.2) is 61.4 Å². The van der Waals surface area contributed by atoms with Crippen LogP contribution in [0.1, 0.15) is 59.0 Å². The Morgan fingerprint density at radius 3 is 2.67 bits per heavy atom. The van der Waals surface area contributed by atoms with E-state index < -0.39 is 5.60 Å². The molecule has 39 heavy (non-hydrogen) atoms. The molecule has 11 heteroatoms. The molecule has 0 N–H and O–H groups in total. The summed E-state index contributed by atoms with van der Waals surface area (Å²) in [5.41, 5.74) is 0.860. The van der Waals surface area contributed by atoms with Crippen LogP contribution >= 0.6 is 0 Å². The van der Waals surface area contributed by atoms with E-state index in [1.807, 2.05) is 32.3 Å². The first-order valence-electron chi connectivity index (χ1n) is 13.5. The molecule has 0 spiro atoms. The summed E-state index contributed by atoms with van der Waals surface area (Å²) in [4.78, 5) is 26.5. The van der Waals surface area contributed by atoms with Gasteiger partial charge in [0, 0.05) is 50.4 Å². The van der Waals surface area contributed by atoms with Crippen molar-refractivity contribution in [3.05, 3.63) is 39.8 Å². The number of aryl methyl sites for hydroxylation is 2. The van der Waals surface area contributed by atoms with Crippen LogP contribution in [0.2, 0.25) is 0 Å². The maximum atomic E-state index is 15.7. The van der Waals surface area contributed by atoms with Gasteiger partial charge >= 0.3 is 5.69 Å². The van der Waals surface area contributed by atoms with E-state index in [9.17, 15) is 10.1 Å². The number of anilines is 1. The number of nitriles is 1. The van der Waals surface area contributed by atoms with Crippen LogP contribution in [0.5, 0.6) is 11.5 Å². The largest absolute Gasteiger partial charge is 0.485 e. The van der Waals surface area contributed by atoms with Gasteiger partial charge in [-0.2, -0.15) is 10.2 Å². The Bertz CT molecular complexity index is 1520. The molecule has 1 saturated heterocycles. The number of rotatable bonds is 5. The third-order valence-corrected chi connectivity index (χ3v) is 7.89. The zero-order valence-electron chi connectivity index (χ0n) is 23.7. The van der Waals surface area contributed by atoms with Crippen molar-refractivity contribution in [2.75, 3.05) is 24.6 Å². The van der Waals surface area contributed by atoms with Gasteiger partial charge in [-0.05, 0) is 47.6 Å². The minimum atomic E-state index is -0.605. The predicted octanol–water partition coefficient (Wildman–Crippen LogP) is 3.57. The molecule has 4 heterocycles. The minimum absolute atomic E-state index is 0.0213. The third-order valence-electron chi connectivity index (χ3n) is 7.89. The van der Waals surface area contributed by atoms with Crippen LogP contribution in [0.3, 0.4) is 0 Å². The Morgan fingerprint density at radius 1 is 1.23 bits per heavy atom. The molecule has 5 rings (SSSR count). The quantitative estimate of drug-likeness (QED) is 0.487. The van der Waals surface area contributed by atoms with Crippen LogP contribution in [0.4, 0.5) is 10.2 Å². The molecule has 2 aliphatic rings. The van der Waals surface area contributed by atoms with Crippen molar-refractivity contribution >= 4 is 17.0 Å². The van der Waals surface area contributed by atoms with Gasteiger partial charge in [0.2, 0.25) is 0 Å². The number of imidazole rings is 1. The number of nitrogens with zero attached hydrogens (tertiary/aromatic N) is 7. The van der Waals surface area contributed by atoms with Crippen LogP contribution in [0.15, 0.2) is 16.9 Å². The molecule has 3 aromatic rings. The van der Waals surface area contributed by atoms with Gasteiger partial charge in [-0.3, -0.25) is 9.47 Å². The van der Waals surface area contributed by atoms with E-state index in [0.717, 1.165) is 0 Å². The summed E-state index contributed by atoms with van der Waals surface area (Å²) < 4.78 is 30.8. The van der Waals surface area contributed by atoms with E-state index in [1.54, 1.807) is 19.2 Å². The van der Waals surface area contributed by atoms with E-state index in [-0.39, 0.29) is 41.8 Å². The lowest BCUT2D eigenvalue weighted by atomic mass is 9.99. The molecular formula is C28H36FN7O3. The van der Waals surface area contributed by atoms with Gasteiger partial charge in [0.1, 0.15) is 29.2 Å². The summed E-state index contributed by atoms with van der Waals surface area (Å²) in [7, 11) is 1.68. The highest BCUT2D eigenvalue weighted by atomic mass is 19.1. The molecule has 208 valence electrons. The van der Waals surface area contributed by atoms with Crippen molar-refractivity contribution in [2.45, 2.75) is 78.2 Å². The van der Waals surface area contributed by atoms with Crippen molar-refractivity contribution < 1.29 is 13.9 Å². The standard InChI is InChI=1S/C28H36FN7O3/c1-8-34-21(11-12-30)31-23-25(32-27(37)33(7)26(23)34)36-14-16(2)35(13-17(36)3)18(4)19-9-10-20-24(22(19)29)39-28(5,6)15-38-20/h9-10,16-18H,8,11,13-15H2,1-7H3/t16-,17+,18?/m1/s1. The van der Waals surface area contributed by atoms with E-state index >= 15 is 4.39 Å². The number of halogens is 1. The van der Waals surface area contributed by atoms with Crippen molar-refractivity contribution in [3.63, 3.8) is 0 Å².